The normalized spacial score (nSPS) is 21.9. The molecule has 0 aromatic heterocycles. The van der Waals surface area contributed by atoms with Gasteiger partial charge in [-0.1, -0.05) is 12.1 Å². The number of benzene rings is 1. The van der Waals surface area contributed by atoms with E-state index in [0.717, 1.165) is 44.2 Å². The molecule has 0 radical (unpaired) electrons. The van der Waals surface area contributed by atoms with Gasteiger partial charge in [0.15, 0.2) is 5.96 Å². The van der Waals surface area contributed by atoms with Crippen LogP contribution < -0.4 is 10.6 Å². The number of rotatable bonds is 5. The minimum atomic E-state index is -0.572. The van der Waals surface area contributed by atoms with Crippen molar-refractivity contribution >= 4 is 5.96 Å². The Bertz CT molecular complexity index is 565. The van der Waals surface area contributed by atoms with Crippen molar-refractivity contribution in [2.24, 2.45) is 4.99 Å². The van der Waals surface area contributed by atoms with Gasteiger partial charge in [0.1, 0.15) is 5.82 Å². The van der Waals surface area contributed by atoms with Gasteiger partial charge in [-0.3, -0.25) is 4.99 Å². The number of aliphatic hydroxyl groups is 1. The molecule has 4 nitrogen and oxygen atoms in total. The highest BCUT2D eigenvalue weighted by molar-refractivity contribution is 5.80. The van der Waals surface area contributed by atoms with Crippen molar-refractivity contribution in [3.63, 3.8) is 0 Å². The highest BCUT2D eigenvalue weighted by Crippen LogP contribution is 2.47. The van der Waals surface area contributed by atoms with Crippen molar-refractivity contribution < 1.29 is 9.50 Å². The molecule has 2 saturated carbocycles. The summed E-state index contributed by atoms with van der Waals surface area (Å²) in [5.74, 6) is 0.515. The number of guanidine groups is 1. The van der Waals surface area contributed by atoms with E-state index in [1.807, 2.05) is 6.07 Å². The van der Waals surface area contributed by atoms with Crippen LogP contribution >= 0.6 is 0 Å². The molecule has 0 unspecified atom stereocenters. The molecule has 22 heavy (non-hydrogen) atoms. The summed E-state index contributed by atoms with van der Waals surface area (Å²) in [6.07, 6.45) is 4.91. The lowest BCUT2D eigenvalue weighted by atomic mass is 9.80. The lowest BCUT2D eigenvalue weighted by Crippen LogP contribution is -2.51. The number of nitrogens with zero attached hydrogens (tertiary/aromatic N) is 1. The summed E-state index contributed by atoms with van der Waals surface area (Å²) >= 11 is 0. The maximum absolute atomic E-state index is 13.4. The van der Waals surface area contributed by atoms with E-state index in [-0.39, 0.29) is 11.2 Å². The molecule has 0 heterocycles. The zero-order chi connectivity index (χ0) is 15.6. The first-order valence-corrected chi connectivity index (χ1v) is 7.98. The highest BCUT2D eigenvalue weighted by atomic mass is 19.1. The number of hydrogen-bond acceptors (Lipinski definition) is 2. The van der Waals surface area contributed by atoms with E-state index in [9.17, 15) is 9.50 Å². The Hall–Kier alpha value is -1.62. The average Bonchev–Trinajstić information content (AvgIpc) is 3.27. The Morgan fingerprint density at radius 3 is 2.50 bits per heavy atom. The van der Waals surface area contributed by atoms with Gasteiger partial charge in [-0.15, -0.1) is 0 Å². The minimum absolute atomic E-state index is 0.0209. The molecular formula is C17H24FN3O. The monoisotopic (exact) mass is 305 g/mol. The fourth-order valence-electron chi connectivity index (χ4n) is 3.02. The summed E-state index contributed by atoms with van der Waals surface area (Å²) in [6.45, 7) is 1.26. The van der Waals surface area contributed by atoms with E-state index in [1.54, 1.807) is 19.2 Å². The van der Waals surface area contributed by atoms with Crippen molar-refractivity contribution in [2.45, 2.75) is 43.1 Å². The summed E-state index contributed by atoms with van der Waals surface area (Å²) in [7, 11) is 1.72. The van der Waals surface area contributed by atoms with Crippen LogP contribution in [0.4, 0.5) is 4.39 Å². The van der Waals surface area contributed by atoms with Gasteiger partial charge >= 0.3 is 0 Å². The Morgan fingerprint density at radius 2 is 1.95 bits per heavy atom. The molecule has 2 aliphatic carbocycles. The van der Waals surface area contributed by atoms with Gasteiger partial charge < -0.3 is 15.7 Å². The van der Waals surface area contributed by atoms with Crippen LogP contribution in [0.3, 0.4) is 0 Å². The Morgan fingerprint density at radius 1 is 1.23 bits per heavy atom. The van der Waals surface area contributed by atoms with Crippen molar-refractivity contribution in [3.05, 3.63) is 35.6 Å². The van der Waals surface area contributed by atoms with Crippen molar-refractivity contribution in [3.8, 4) is 0 Å². The largest absolute Gasteiger partial charge is 0.388 e. The number of nitrogens with one attached hydrogen (secondary N) is 2. The summed E-state index contributed by atoms with van der Waals surface area (Å²) in [4.78, 5) is 4.20. The average molecular weight is 305 g/mol. The Balaban J connectivity index is 1.54. The van der Waals surface area contributed by atoms with Crippen molar-refractivity contribution in [1.82, 2.24) is 10.6 Å². The van der Waals surface area contributed by atoms with Crippen LogP contribution in [0.25, 0.3) is 0 Å². The van der Waals surface area contributed by atoms with Crippen LogP contribution in [-0.2, 0) is 5.41 Å². The highest BCUT2D eigenvalue weighted by Gasteiger charge is 2.44. The summed E-state index contributed by atoms with van der Waals surface area (Å²) in [5.41, 5.74) is 0.498. The molecule has 1 aromatic rings. The van der Waals surface area contributed by atoms with E-state index in [0.29, 0.717) is 12.5 Å². The molecule has 0 aliphatic heterocycles. The zero-order valence-electron chi connectivity index (χ0n) is 13.0. The van der Waals surface area contributed by atoms with Crippen LogP contribution in [0.1, 0.15) is 37.7 Å². The van der Waals surface area contributed by atoms with E-state index in [1.165, 1.54) is 6.07 Å². The van der Waals surface area contributed by atoms with Crippen LogP contribution in [0, 0.1) is 5.82 Å². The van der Waals surface area contributed by atoms with E-state index >= 15 is 0 Å². The third-order valence-corrected chi connectivity index (χ3v) is 4.98. The molecule has 2 aliphatic rings. The van der Waals surface area contributed by atoms with Gasteiger partial charge in [0, 0.05) is 25.6 Å². The number of halogens is 1. The van der Waals surface area contributed by atoms with Gasteiger partial charge in [-0.05, 0) is 49.8 Å². The molecule has 1 aromatic carbocycles. The zero-order valence-corrected chi connectivity index (χ0v) is 13.0. The molecule has 0 amide bonds. The smallest absolute Gasteiger partial charge is 0.191 e. The topological polar surface area (TPSA) is 56.7 Å². The quantitative estimate of drug-likeness (QED) is 0.575. The minimum Gasteiger partial charge on any atom is -0.388 e. The molecule has 0 atom stereocenters. The van der Waals surface area contributed by atoms with Gasteiger partial charge in [0.25, 0.3) is 0 Å². The number of aliphatic imine (C=N–C) groups is 1. The number of hydrogen-bond donors (Lipinski definition) is 3. The first kappa shape index (κ1) is 15.3. The first-order valence-electron chi connectivity index (χ1n) is 7.98. The van der Waals surface area contributed by atoms with Gasteiger partial charge in [-0.2, -0.15) is 0 Å². The summed E-state index contributed by atoms with van der Waals surface area (Å²) in [6, 6.07) is 6.86. The SMILES string of the molecule is CN=C(NCC1(O)CCC1)NCC1(c2cccc(F)c2)CC1. The molecule has 0 spiro atoms. The van der Waals surface area contributed by atoms with Crippen LogP contribution in [0.2, 0.25) is 0 Å². The van der Waals surface area contributed by atoms with E-state index in [4.69, 9.17) is 0 Å². The summed E-state index contributed by atoms with van der Waals surface area (Å²) in [5, 5.41) is 16.6. The Kier molecular flexibility index (Phi) is 4.08. The Labute approximate surface area is 130 Å². The van der Waals surface area contributed by atoms with Crippen LogP contribution in [0.5, 0.6) is 0 Å². The van der Waals surface area contributed by atoms with Gasteiger partial charge in [0.05, 0.1) is 5.60 Å². The van der Waals surface area contributed by atoms with Crippen molar-refractivity contribution in [2.75, 3.05) is 20.1 Å². The molecule has 5 heteroatoms. The molecule has 2 fully saturated rings. The third-order valence-electron chi connectivity index (χ3n) is 4.98. The second-order valence-corrected chi connectivity index (χ2v) is 6.65. The van der Waals surface area contributed by atoms with Crippen molar-refractivity contribution in [1.29, 1.82) is 0 Å². The van der Waals surface area contributed by atoms with Crippen LogP contribution in [0.15, 0.2) is 29.3 Å². The standard InChI is InChI=1S/C17H24FN3O/c1-19-15(21-12-17(22)6-3-7-17)20-11-16(8-9-16)13-4-2-5-14(18)10-13/h2,4-5,10,22H,3,6-9,11-12H2,1H3,(H2,19,20,21). The molecule has 3 rings (SSSR count). The lowest BCUT2D eigenvalue weighted by Gasteiger charge is -2.37. The van der Waals surface area contributed by atoms with Gasteiger partial charge in [0.2, 0.25) is 0 Å². The molecule has 3 N–H and O–H groups in total. The maximum Gasteiger partial charge on any atom is 0.191 e. The first-order chi connectivity index (χ1) is 10.6. The summed E-state index contributed by atoms with van der Waals surface area (Å²) < 4.78 is 13.4. The predicted molar refractivity (Wildman–Crippen MR) is 85.5 cm³/mol. The molecule has 0 saturated heterocycles. The predicted octanol–water partition coefficient (Wildman–Crippen LogP) is 1.94. The molecule has 120 valence electrons. The fraction of sp³-hybridized carbons (Fsp3) is 0.588. The second kappa shape index (κ2) is 5.88. The maximum atomic E-state index is 13.4. The molecule has 0 bridgehead atoms. The van der Waals surface area contributed by atoms with Crippen LogP contribution in [-0.4, -0.2) is 36.8 Å². The van der Waals surface area contributed by atoms with Gasteiger partial charge in [-0.25, -0.2) is 4.39 Å². The van der Waals surface area contributed by atoms with E-state index in [2.05, 4.69) is 15.6 Å². The lowest BCUT2D eigenvalue weighted by molar-refractivity contribution is -0.0279. The van der Waals surface area contributed by atoms with E-state index < -0.39 is 5.60 Å². The molecular weight excluding hydrogens is 281 g/mol. The third kappa shape index (κ3) is 3.24. The fourth-order valence-corrected chi connectivity index (χ4v) is 3.02. The second-order valence-electron chi connectivity index (χ2n) is 6.65.